The molecule has 7 nitrogen and oxygen atoms in total. The largest absolute Gasteiger partial charge is 0.441 e. The maximum absolute atomic E-state index is 11.3. The number of nitrogens with zero attached hydrogens (tertiary/aromatic N) is 3. The number of carbonyl (C=O) groups is 1. The van der Waals surface area contributed by atoms with Crippen molar-refractivity contribution >= 4 is 33.9 Å². The van der Waals surface area contributed by atoms with Crippen LogP contribution in [-0.4, -0.2) is 21.0 Å². The summed E-state index contributed by atoms with van der Waals surface area (Å²) in [6.45, 7) is 1.80. The van der Waals surface area contributed by atoms with Crippen LogP contribution in [0.25, 0.3) is 33.4 Å². The molecule has 2 amide bonds. The molecule has 3 aromatic heterocycles. The molecule has 24 heavy (non-hydrogen) atoms. The molecule has 3 heterocycles. The topological polar surface area (TPSA) is 107 Å². The zero-order chi connectivity index (χ0) is 16.7. The standard InChI is InChI=1S/C17H13N5O2/c1-9-20-11-5-4-10(7-15(11)24-9)13-8-14(22-17(18)23)16-12(21-13)3-2-6-19-16/h2-8H,1H3,(H3,18,21,22,23). The van der Waals surface area contributed by atoms with Gasteiger partial charge >= 0.3 is 6.03 Å². The molecule has 0 saturated carbocycles. The summed E-state index contributed by atoms with van der Waals surface area (Å²) in [5, 5.41) is 2.60. The van der Waals surface area contributed by atoms with Gasteiger partial charge < -0.3 is 15.5 Å². The van der Waals surface area contributed by atoms with Crippen molar-refractivity contribution in [2.24, 2.45) is 5.73 Å². The Kier molecular flexibility index (Phi) is 3.13. The predicted octanol–water partition coefficient (Wildman–Crippen LogP) is 3.24. The maximum atomic E-state index is 11.3. The maximum Gasteiger partial charge on any atom is 0.316 e. The van der Waals surface area contributed by atoms with E-state index in [1.807, 2.05) is 24.3 Å². The molecule has 0 bridgehead atoms. The van der Waals surface area contributed by atoms with Crippen molar-refractivity contribution in [3.8, 4) is 11.3 Å². The number of carbonyl (C=O) groups excluding carboxylic acids is 1. The van der Waals surface area contributed by atoms with Crippen LogP contribution in [0.2, 0.25) is 0 Å². The SMILES string of the molecule is Cc1nc2ccc(-c3cc(NC(N)=O)c4ncccc4n3)cc2o1. The molecule has 4 rings (SSSR count). The summed E-state index contributed by atoms with van der Waals surface area (Å²) in [7, 11) is 0. The van der Waals surface area contributed by atoms with Crippen molar-refractivity contribution < 1.29 is 9.21 Å². The zero-order valence-electron chi connectivity index (χ0n) is 12.8. The molecule has 118 valence electrons. The van der Waals surface area contributed by atoms with Crippen molar-refractivity contribution in [1.29, 1.82) is 0 Å². The normalized spacial score (nSPS) is 11.0. The summed E-state index contributed by atoms with van der Waals surface area (Å²) in [4.78, 5) is 24.4. The van der Waals surface area contributed by atoms with Gasteiger partial charge in [-0.3, -0.25) is 4.98 Å². The molecule has 0 aliphatic rings. The van der Waals surface area contributed by atoms with Gasteiger partial charge in [-0.05, 0) is 30.3 Å². The lowest BCUT2D eigenvalue weighted by atomic mass is 10.1. The number of nitrogens with one attached hydrogen (secondary N) is 1. The van der Waals surface area contributed by atoms with Crippen LogP contribution in [0.4, 0.5) is 10.5 Å². The van der Waals surface area contributed by atoms with Crippen molar-refractivity contribution in [3.63, 3.8) is 0 Å². The molecule has 3 N–H and O–H groups in total. The van der Waals surface area contributed by atoms with E-state index < -0.39 is 6.03 Å². The summed E-state index contributed by atoms with van der Waals surface area (Å²) in [6, 6.07) is 10.4. The van der Waals surface area contributed by atoms with Gasteiger partial charge in [0.25, 0.3) is 0 Å². The Hall–Kier alpha value is -3.48. The van der Waals surface area contributed by atoms with Gasteiger partial charge in [-0.1, -0.05) is 6.07 Å². The molecule has 0 spiro atoms. The van der Waals surface area contributed by atoms with E-state index in [1.54, 1.807) is 25.3 Å². The van der Waals surface area contributed by atoms with Gasteiger partial charge in [-0.15, -0.1) is 0 Å². The highest BCUT2D eigenvalue weighted by Gasteiger charge is 2.11. The third kappa shape index (κ3) is 2.41. The highest BCUT2D eigenvalue weighted by molar-refractivity contribution is 5.99. The highest BCUT2D eigenvalue weighted by atomic mass is 16.3. The van der Waals surface area contributed by atoms with Crippen molar-refractivity contribution in [1.82, 2.24) is 15.0 Å². The molecule has 0 aliphatic heterocycles. The van der Waals surface area contributed by atoms with E-state index in [0.29, 0.717) is 33.9 Å². The average molecular weight is 319 g/mol. The summed E-state index contributed by atoms with van der Waals surface area (Å²) >= 11 is 0. The predicted molar refractivity (Wildman–Crippen MR) is 90.5 cm³/mol. The fourth-order valence-corrected chi connectivity index (χ4v) is 2.64. The smallest absolute Gasteiger partial charge is 0.316 e. The Morgan fingerprint density at radius 3 is 2.88 bits per heavy atom. The zero-order valence-corrected chi connectivity index (χ0v) is 12.8. The first-order valence-corrected chi connectivity index (χ1v) is 7.30. The minimum absolute atomic E-state index is 0.511. The number of oxazole rings is 1. The molecule has 0 radical (unpaired) electrons. The number of hydrogen-bond acceptors (Lipinski definition) is 5. The minimum Gasteiger partial charge on any atom is -0.441 e. The molecular weight excluding hydrogens is 306 g/mol. The third-order valence-electron chi connectivity index (χ3n) is 3.61. The van der Waals surface area contributed by atoms with Crippen molar-refractivity contribution in [2.45, 2.75) is 6.92 Å². The van der Waals surface area contributed by atoms with E-state index in [-0.39, 0.29) is 0 Å². The lowest BCUT2D eigenvalue weighted by Gasteiger charge is -2.09. The molecule has 0 atom stereocenters. The highest BCUT2D eigenvalue weighted by Crippen LogP contribution is 2.29. The minimum atomic E-state index is -0.652. The van der Waals surface area contributed by atoms with E-state index in [0.717, 1.165) is 11.1 Å². The van der Waals surface area contributed by atoms with Crippen LogP contribution >= 0.6 is 0 Å². The number of hydrogen-bond donors (Lipinski definition) is 2. The number of benzene rings is 1. The van der Waals surface area contributed by atoms with Crippen LogP contribution in [0, 0.1) is 6.92 Å². The van der Waals surface area contributed by atoms with Crippen LogP contribution in [0.15, 0.2) is 47.0 Å². The van der Waals surface area contributed by atoms with Gasteiger partial charge in [-0.25, -0.2) is 14.8 Å². The number of primary amides is 1. The Morgan fingerprint density at radius 2 is 2.04 bits per heavy atom. The quantitative estimate of drug-likeness (QED) is 0.590. The van der Waals surface area contributed by atoms with E-state index in [4.69, 9.17) is 10.2 Å². The number of aryl methyl sites for hydroxylation is 1. The summed E-state index contributed by atoms with van der Waals surface area (Å²) in [5.41, 5.74) is 10.0. The summed E-state index contributed by atoms with van der Waals surface area (Å²) < 4.78 is 5.57. The van der Waals surface area contributed by atoms with Crippen LogP contribution in [0.1, 0.15) is 5.89 Å². The first-order valence-electron chi connectivity index (χ1n) is 7.30. The van der Waals surface area contributed by atoms with Gasteiger partial charge in [0.1, 0.15) is 11.0 Å². The molecule has 7 heteroatoms. The third-order valence-corrected chi connectivity index (χ3v) is 3.61. The number of rotatable bonds is 2. The number of nitrogens with two attached hydrogens (primary N) is 1. The van der Waals surface area contributed by atoms with Gasteiger partial charge in [0.05, 0.1) is 16.9 Å². The van der Waals surface area contributed by atoms with Crippen molar-refractivity contribution in [3.05, 3.63) is 48.5 Å². The Bertz CT molecular complexity index is 1090. The Balaban J connectivity index is 1.92. The number of aromatic nitrogens is 3. The molecule has 0 saturated heterocycles. The van der Waals surface area contributed by atoms with Gasteiger partial charge in [0.2, 0.25) is 0 Å². The second-order valence-electron chi connectivity index (χ2n) is 5.33. The van der Waals surface area contributed by atoms with Gasteiger partial charge in [0, 0.05) is 18.7 Å². The molecular formula is C17H13N5O2. The van der Waals surface area contributed by atoms with E-state index in [9.17, 15) is 4.79 Å². The van der Waals surface area contributed by atoms with Gasteiger partial charge in [-0.2, -0.15) is 0 Å². The first-order chi connectivity index (χ1) is 11.6. The summed E-state index contributed by atoms with van der Waals surface area (Å²) in [6.07, 6.45) is 1.64. The van der Waals surface area contributed by atoms with E-state index >= 15 is 0 Å². The second kappa shape index (κ2) is 5.31. The number of amides is 2. The van der Waals surface area contributed by atoms with E-state index in [1.165, 1.54) is 0 Å². The Labute approximate surface area is 136 Å². The average Bonchev–Trinajstić information content (AvgIpc) is 2.93. The van der Waals surface area contributed by atoms with Crippen LogP contribution in [0.3, 0.4) is 0 Å². The fourth-order valence-electron chi connectivity index (χ4n) is 2.64. The second-order valence-corrected chi connectivity index (χ2v) is 5.33. The lowest BCUT2D eigenvalue weighted by molar-refractivity contribution is 0.259. The van der Waals surface area contributed by atoms with Crippen LogP contribution in [-0.2, 0) is 0 Å². The number of anilines is 1. The monoisotopic (exact) mass is 319 g/mol. The molecule has 0 fully saturated rings. The molecule has 1 aromatic carbocycles. The molecule has 0 unspecified atom stereocenters. The number of urea groups is 1. The summed E-state index contributed by atoms with van der Waals surface area (Å²) in [5.74, 6) is 0.605. The van der Waals surface area contributed by atoms with E-state index in [2.05, 4.69) is 20.3 Å². The van der Waals surface area contributed by atoms with Crippen LogP contribution in [0.5, 0.6) is 0 Å². The molecule has 4 aromatic rings. The first kappa shape index (κ1) is 14.1. The number of fused-ring (bicyclic) bond motifs is 2. The number of pyridine rings is 2. The lowest BCUT2D eigenvalue weighted by Crippen LogP contribution is -2.19. The molecule has 0 aliphatic carbocycles. The van der Waals surface area contributed by atoms with Crippen LogP contribution < -0.4 is 11.1 Å². The Morgan fingerprint density at radius 1 is 1.17 bits per heavy atom. The van der Waals surface area contributed by atoms with Gasteiger partial charge in [0.15, 0.2) is 11.5 Å². The van der Waals surface area contributed by atoms with Crippen molar-refractivity contribution in [2.75, 3.05) is 5.32 Å². The fraction of sp³-hybridized carbons (Fsp3) is 0.0588.